The van der Waals surface area contributed by atoms with Crippen LogP contribution in [0.1, 0.15) is 32.9 Å². The molecule has 0 amide bonds. The second-order valence-electron chi connectivity index (χ2n) is 8.25. The molecule has 176 valence electrons. The van der Waals surface area contributed by atoms with Crippen LogP contribution in [-0.4, -0.2) is 0 Å². The molecule has 0 radical (unpaired) electrons. The van der Waals surface area contributed by atoms with Gasteiger partial charge in [-0.3, -0.25) is 0 Å². The van der Waals surface area contributed by atoms with E-state index in [9.17, 15) is 9.60 Å². The first-order chi connectivity index (χ1) is 28.9. The van der Waals surface area contributed by atoms with Gasteiger partial charge in [-0.25, -0.2) is 0 Å². The molecule has 0 heterocycles. The summed E-state index contributed by atoms with van der Waals surface area (Å²) in [5.74, 6) is 0. The molecule has 0 bridgehead atoms. The fraction of sp³-hybridized carbons (Fsp3) is 0. The quantitative estimate of drug-likeness (QED) is 0.162. The molecule has 0 saturated heterocycles. The molecule has 0 heteroatoms. The standard InChI is InChI=1S/C38H24/c1-3-15-27-25(12-1)14-11-23-31(27)37-32-19-7-9-21-34(32)38(35-22-10-8-20-33(35)37)36-24-26-13-2-4-16-28(26)29-17-5-6-18-30(29)36/h1-24H/i1D,2D,3D,4D,5D,6D,7D,8D,9D,10D,11D,12D,13D,14D,15D,16D,17D,18D,19D,20D,21D,22D,23D,24D. The predicted octanol–water partition coefficient (Wildman–Crippen LogP) is 10.8. The first kappa shape index (κ1) is 8.28. The van der Waals surface area contributed by atoms with Crippen LogP contribution < -0.4 is 0 Å². The molecule has 0 aliphatic rings. The molecule has 0 unspecified atom stereocenters. The molecular weight excluding hydrogens is 456 g/mol. The summed E-state index contributed by atoms with van der Waals surface area (Å²) in [4.78, 5) is 0. The van der Waals surface area contributed by atoms with Crippen molar-refractivity contribution in [2.75, 3.05) is 0 Å². The molecule has 8 rings (SSSR count). The Hall–Kier alpha value is -4.94. The molecule has 0 nitrogen and oxygen atoms in total. The van der Waals surface area contributed by atoms with Gasteiger partial charge in [0.25, 0.3) is 0 Å². The average molecular weight is 505 g/mol. The van der Waals surface area contributed by atoms with Crippen LogP contribution in [0.25, 0.3) is 76.1 Å². The lowest BCUT2D eigenvalue weighted by atomic mass is 9.83. The van der Waals surface area contributed by atoms with Crippen LogP contribution in [0.5, 0.6) is 0 Å². The largest absolute Gasteiger partial charge is 0.0636 e. The van der Waals surface area contributed by atoms with Gasteiger partial charge in [0, 0.05) is 0 Å². The zero-order valence-corrected chi connectivity index (χ0v) is 19.0. The molecular formula is C38H24. The van der Waals surface area contributed by atoms with Gasteiger partial charge in [-0.05, 0) is 82.2 Å². The van der Waals surface area contributed by atoms with Crippen molar-refractivity contribution in [1.29, 1.82) is 0 Å². The molecule has 0 aliphatic carbocycles. The summed E-state index contributed by atoms with van der Waals surface area (Å²) in [7, 11) is 0. The summed E-state index contributed by atoms with van der Waals surface area (Å²) in [6, 6.07) is -21.5. The van der Waals surface area contributed by atoms with Crippen molar-refractivity contribution in [3.05, 3.63) is 145 Å². The minimum atomic E-state index is -0.962. The zero-order valence-electron chi connectivity index (χ0n) is 43.0. The number of hydrogen-bond acceptors (Lipinski definition) is 0. The monoisotopic (exact) mass is 504 g/mol. The molecule has 0 aliphatic heterocycles. The van der Waals surface area contributed by atoms with Crippen LogP contribution in [0.2, 0.25) is 0 Å². The lowest BCUT2D eigenvalue weighted by Crippen LogP contribution is -1.92. The van der Waals surface area contributed by atoms with Gasteiger partial charge >= 0.3 is 0 Å². The Balaban J connectivity index is 1.88. The van der Waals surface area contributed by atoms with Crippen molar-refractivity contribution >= 4 is 53.9 Å². The first-order valence-electron chi connectivity index (χ1n) is 23.2. The van der Waals surface area contributed by atoms with Gasteiger partial charge in [0.1, 0.15) is 0 Å². The van der Waals surface area contributed by atoms with Crippen molar-refractivity contribution in [1.82, 2.24) is 0 Å². The maximum Gasteiger partial charge on any atom is 0.0636 e. The number of fused-ring (bicyclic) bond motifs is 6. The van der Waals surface area contributed by atoms with Crippen LogP contribution in [0.3, 0.4) is 0 Å². The summed E-state index contributed by atoms with van der Waals surface area (Å²) in [6.45, 7) is 0. The van der Waals surface area contributed by atoms with Gasteiger partial charge in [-0.1, -0.05) is 139 Å². The molecule has 0 atom stereocenters. The molecule has 0 fully saturated rings. The van der Waals surface area contributed by atoms with Crippen LogP contribution in [0, 0.1) is 0 Å². The second kappa shape index (κ2) is 8.30. The van der Waals surface area contributed by atoms with Gasteiger partial charge in [-0.2, -0.15) is 0 Å². The molecule has 8 aromatic carbocycles. The Kier molecular flexibility index (Phi) is 1.81. The normalized spacial score (nSPS) is 20.5. The smallest absolute Gasteiger partial charge is 0.0616 e. The molecule has 0 N–H and O–H groups in total. The lowest BCUT2D eigenvalue weighted by molar-refractivity contribution is 1.69. The Bertz CT molecular complexity index is 3410. The Morgan fingerprint density at radius 1 is 0.289 bits per heavy atom. The van der Waals surface area contributed by atoms with E-state index >= 15 is 0 Å². The lowest BCUT2D eigenvalue weighted by Gasteiger charge is -2.20. The molecule has 0 saturated carbocycles. The van der Waals surface area contributed by atoms with E-state index in [1.807, 2.05) is 0 Å². The maximum atomic E-state index is 9.71. The van der Waals surface area contributed by atoms with Crippen molar-refractivity contribution in [3.63, 3.8) is 0 Å². The van der Waals surface area contributed by atoms with Crippen molar-refractivity contribution in [2.45, 2.75) is 0 Å². The zero-order chi connectivity index (χ0) is 45.9. The van der Waals surface area contributed by atoms with Crippen LogP contribution in [0.4, 0.5) is 0 Å². The van der Waals surface area contributed by atoms with Crippen LogP contribution in [0.15, 0.2) is 145 Å². The highest BCUT2D eigenvalue weighted by atomic mass is 14.2. The van der Waals surface area contributed by atoms with Crippen molar-refractivity contribution < 1.29 is 32.9 Å². The van der Waals surface area contributed by atoms with E-state index in [1.54, 1.807) is 0 Å². The van der Waals surface area contributed by atoms with Gasteiger partial charge in [-0.15, -0.1) is 0 Å². The average Bonchev–Trinajstić information content (AvgIpc) is 3.24. The summed E-state index contributed by atoms with van der Waals surface area (Å²) < 4.78 is 214. The third-order valence-corrected chi connectivity index (χ3v) is 6.31. The summed E-state index contributed by atoms with van der Waals surface area (Å²) in [6.07, 6.45) is 0. The topological polar surface area (TPSA) is 0 Å². The Morgan fingerprint density at radius 2 is 0.711 bits per heavy atom. The van der Waals surface area contributed by atoms with E-state index in [4.69, 9.17) is 23.3 Å². The number of benzene rings is 8. The van der Waals surface area contributed by atoms with Crippen LogP contribution in [-0.2, 0) is 0 Å². The third-order valence-electron chi connectivity index (χ3n) is 6.31. The molecule has 0 aromatic heterocycles. The van der Waals surface area contributed by atoms with E-state index in [2.05, 4.69) is 0 Å². The summed E-state index contributed by atoms with van der Waals surface area (Å²) in [5.41, 5.74) is -2.71. The maximum absolute atomic E-state index is 9.71. The van der Waals surface area contributed by atoms with E-state index in [0.29, 0.717) is 0 Å². The fourth-order valence-electron chi connectivity index (χ4n) is 4.78. The Morgan fingerprint density at radius 3 is 1.34 bits per heavy atom. The van der Waals surface area contributed by atoms with Crippen molar-refractivity contribution in [3.8, 4) is 22.3 Å². The van der Waals surface area contributed by atoms with Gasteiger partial charge in [0.05, 0.1) is 32.9 Å². The Labute approximate surface area is 255 Å². The molecule has 0 spiro atoms. The van der Waals surface area contributed by atoms with Gasteiger partial charge in [0.15, 0.2) is 0 Å². The predicted molar refractivity (Wildman–Crippen MR) is 165 cm³/mol. The first-order valence-corrected chi connectivity index (χ1v) is 11.2. The van der Waals surface area contributed by atoms with Crippen LogP contribution >= 0.6 is 0 Å². The van der Waals surface area contributed by atoms with Gasteiger partial charge in [0.2, 0.25) is 0 Å². The highest BCUT2D eigenvalue weighted by molar-refractivity contribution is 6.26. The SMILES string of the molecule is [2H]c1c([2H])c([2H])c2c(-c3c4c([2H])c([2H])c([2H])c([2H])c4c(-c4c([2H])c5c([2H])c([2H])c([2H])c([2H])c5c5c([2H])c([2H])c([2H])c([2H])c45)c4c([2H])c([2H])c([2H])c([2H])c34)c([2H])c([2H])c([2H])c2c1[2H]. The molecule has 38 heavy (non-hydrogen) atoms. The van der Waals surface area contributed by atoms with E-state index < -0.39 is 221 Å². The minimum absolute atomic E-state index is 0.515. The highest BCUT2D eigenvalue weighted by Crippen LogP contribution is 2.47. The number of rotatable bonds is 2. The third kappa shape index (κ3) is 3.04. The van der Waals surface area contributed by atoms with Crippen molar-refractivity contribution in [2.24, 2.45) is 0 Å². The fourth-order valence-corrected chi connectivity index (χ4v) is 4.78. The highest BCUT2D eigenvalue weighted by Gasteiger charge is 2.19. The second-order valence-corrected chi connectivity index (χ2v) is 8.25. The van der Waals surface area contributed by atoms with E-state index in [-0.39, 0.29) is 0 Å². The summed E-state index contributed by atoms with van der Waals surface area (Å²) >= 11 is 0. The van der Waals surface area contributed by atoms with E-state index in [0.717, 1.165) is 0 Å². The summed E-state index contributed by atoms with van der Waals surface area (Å²) in [5, 5.41) is -6.29. The minimum Gasteiger partial charge on any atom is -0.0616 e. The van der Waals surface area contributed by atoms with E-state index in [1.165, 1.54) is 0 Å². The molecule has 8 aromatic rings. The van der Waals surface area contributed by atoms with Gasteiger partial charge < -0.3 is 0 Å². The number of hydrogen-bond donors (Lipinski definition) is 0.